The Labute approximate surface area is 187 Å². The Morgan fingerprint density at radius 3 is 2.42 bits per heavy atom. The summed E-state index contributed by atoms with van der Waals surface area (Å²) in [6.07, 6.45) is 0.672. The van der Waals surface area contributed by atoms with Gasteiger partial charge >= 0.3 is 6.09 Å². The zero-order chi connectivity index (χ0) is 23.6. The van der Waals surface area contributed by atoms with Crippen LogP contribution in [0.3, 0.4) is 0 Å². The fraction of sp³-hybridized carbons (Fsp3) is 0.565. The highest BCUT2D eigenvalue weighted by Crippen LogP contribution is 2.52. The second-order valence-electron chi connectivity index (χ2n) is 9.58. The number of halogens is 4. The average Bonchev–Trinajstić information content (AvgIpc) is 2.58. The Morgan fingerprint density at radius 2 is 1.94 bits per heavy atom. The third-order valence-electron chi connectivity index (χ3n) is 4.87. The minimum atomic E-state index is -2.69. The van der Waals surface area contributed by atoms with Crippen molar-refractivity contribution in [2.24, 2.45) is 10.4 Å². The summed E-state index contributed by atoms with van der Waals surface area (Å²) in [5.74, 6) is -3.22. The van der Waals surface area contributed by atoms with Gasteiger partial charge in [-0.3, -0.25) is 4.99 Å². The van der Waals surface area contributed by atoms with Crippen LogP contribution in [0.2, 0.25) is 5.02 Å². The molecule has 0 aliphatic heterocycles. The van der Waals surface area contributed by atoms with Crippen LogP contribution in [-0.2, 0) is 4.74 Å². The summed E-state index contributed by atoms with van der Waals surface area (Å²) in [5, 5.41) is -0.0149. The smallest absolute Gasteiger partial charge is 0.410 e. The highest BCUT2D eigenvalue weighted by molar-refractivity contribution is 6.31. The van der Waals surface area contributed by atoms with Gasteiger partial charge in [0.15, 0.2) is 0 Å². The SMILES string of the molecule is CN=C(C=C(C)CN(CC1(C)CC(F)(F)C1)C(=O)OC(C)(C)C)c1ccc(F)c(Cl)c1. The molecule has 0 saturated heterocycles. The number of rotatable bonds is 6. The Kier molecular flexibility index (Phi) is 7.51. The van der Waals surface area contributed by atoms with Crippen LogP contribution in [0, 0.1) is 11.2 Å². The largest absolute Gasteiger partial charge is 0.444 e. The lowest BCUT2D eigenvalue weighted by atomic mass is 9.67. The van der Waals surface area contributed by atoms with E-state index >= 15 is 0 Å². The number of amides is 1. The molecular weight excluding hydrogens is 429 g/mol. The lowest BCUT2D eigenvalue weighted by molar-refractivity contribution is -0.159. The zero-order valence-electron chi connectivity index (χ0n) is 18.9. The molecule has 1 saturated carbocycles. The molecule has 31 heavy (non-hydrogen) atoms. The van der Waals surface area contributed by atoms with Crippen molar-refractivity contribution < 1.29 is 22.7 Å². The molecule has 0 spiro atoms. The van der Waals surface area contributed by atoms with Gasteiger partial charge in [-0.2, -0.15) is 0 Å². The van der Waals surface area contributed by atoms with Crippen molar-refractivity contribution in [3.05, 3.63) is 46.3 Å². The molecule has 8 heteroatoms. The Balaban J connectivity index is 2.22. The lowest BCUT2D eigenvalue weighted by Gasteiger charge is -2.47. The number of ether oxygens (including phenoxy) is 1. The highest BCUT2D eigenvalue weighted by Gasteiger charge is 2.54. The minimum absolute atomic E-state index is 0.0149. The van der Waals surface area contributed by atoms with E-state index in [0.717, 1.165) is 5.57 Å². The van der Waals surface area contributed by atoms with Crippen molar-refractivity contribution in [1.82, 2.24) is 4.90 Å². The molecule has 0 N–H and O–H groups in total. The first kappa shape index (κ1) is 25.2. The van der Waals surface area contributed by atoms with Crippen molar-refractivity contribution in [3.63, 3.8) is 0 Å². The van der Waals surface area contributed by atoms with Gasteiger partial charge in [0.2, 0.25) is 5.92 Å². The van der Waals surface area contributed by atoms with Gasteiger partial charge in [-0.05, 0) is 57.4 Å². The van der Waals surface area contributed by atoms with Crippen molar-refractivity contribution in [2.75, 3.05) is 20.1 Å². The summed E-state index contributed by atoms with van der Waals surface area (Å²) in [6.45, 7) is 9.17. The molecule has 1 amide bonds. The fourth-order valence-corrected chi connectivity index (χ4v) is 3.97. The number of nitrogens with zero attached hydrogens (tertiary/aromatic N) is 2. The zero-order valence-corrected chi connectivity index (χ0v) is 19.6. The average molecular weight is 459 g/mol. The number of aliphatic imine (C=N–C) groups is 1. The van der Waals surface area contributed by atoms with Gasteiger partial charge in [0.05, 0.1) is 10.7 Å². The molecule has 4 nitrogen and oxygen atoms in total. The summed E-state index contributed by atoms with van der Waals surface area (Å²) in [6, 6.07) is 4.30. The fourth-order valence-electron chi connectivity index (χ4n) is 3.79. The minimum Gasteiger partial charge on any atom is -0.444 e. The number of hydrogen-bond acceptors (Lipinski definition) is 3. The quantitative estimate of drug-likeness (QED) is 0.455. The van der Waals surface area contributed by atoms with Crippen LogP contribution in [0.1, 0.15) is 53.0 Å². The van der Waals surface area contributed by atoms with E-state index in [1.54, 1.807) is 46.9 Å². The number of allylic oxidation sites excluding steroid dienone is 1. The van der Waals surface area contributed by atoms with Crippen LogP contribution in [-0.4, -0.2) is 48.4 Å². The number of benzene rings is 1. The summed E-state index contributed by atoms with van der Waals surface area (Å²) >= 11 is 5.88. The molecule has 172 valence electrons. The van der Waals surface area contributed by atoms with Gasteiger partial charge < -0.3 is 9.64 Å². The molecule has 0 aromatic heterocycles. The number of carbonyl (C=O) groups excluding carboxylic acids is 1. The summed E-state index contributed by atoms with van der Waals surface area (Å²) in [4.78, 5) is 18.5. The van der Waals surface area contributed by atoms with Crippen LogP contribution in [0.15, 0.2) is 34.8 Å². The van der Waals surface area contributed by atoms with E-state index in [2.05, 4.69) is 4.99 Å². The molecule has 0 heterocycles. The topological polar surface area (TPSA) is 41.9 Å². The van der Waals surface area contributed by atoms with E-state index in [9.17, 15) is 18.0 Å². The van der Waals surface area contributed by atoms with E-state index in [1.165, 1.54) is 17.0 Å². The normalized spacial score (nSPS) is 18.4. The number of alkyl halides is 2. The van der Waals surface area contributed by atoms with Gasteiger partial charge in [-0.15, -0.1) is 0 Å². The third kappa shape index (κ3) is 7.27. The van der Waals surface area contributed by atoms with Crippen LogP contribution < -0.4 is 0 Å². The first-order chi connectivity index (χ1) is 14.1. The van der Waals surface area contributed by atoms with Crippen LogP contribution in [0.4, 0.5) is 18.0 Å². The first-order valence-corrected chi connectivity index (χ1v) is 10.5. The molecule has 1 aromatic carbocycles. The van der Waals surface area contributed by atoms with Crippen LogP contribution >= 0.6 is 11.6 Å². The second kappa shape index (κ2) is 9.23. The molecule has 1 aliphatic carbocycles. The van der Waals surface area contributed by atoms with E-state index in [4.69, 9.17) is 16.3 Å². The Hall–Kier alpha value is -2.02. The molecule has 1 fully saturated rings. The number of hydrogen-bond donors (Lipinski definition) is 0. The molecule has 0 bridgehead atoms. The van der Waals surface area contributed by atoms with Gasteiger partial charge in [0.1, 0.15) is 11.4 Å². The van der Waals surface area contributed by atoms with Crippen molar-refractivity contribution in [2.45, 2.75) is 59.0 Å². The van der Waals surface area contributed by atoms with Gasteiger partial charge in [-0.1, -0.05) is 24.1 Å². The molecule has 0 unspecified atom stereocenters. The maximum atomic E-state index is 13.5. The predicted octanol–water partition coefficient (Wildman–Crippen LogP) is 6.52. The summed E-state index contributed by atoms with van der Waals surface area (Å²) in [7, 11) is 1.60. The highest BCUT2D eigenvalue weighted by atomic mass is 35.5. The van der Waals surface area contributed by atoms with E-state index in [0.29, 0.717) is 11.3 Å². The molecule has 0 radical (unpaired) electrons. The first-order valence-electron chi connectivity index (χ1n) is 10.1. The molecular formula is C23H30ClF3N2O2. The molecule has 0 atom stereocenters. The van der Waals surface area contributed by atoms with Crippen molar-refractivity contribution in [3.8, 4) is 0 Å². The summed E-state index contributed by atoms with van der Waals surface area (Å²) in [5.41, 5.74) is 0.569. The van der Waals surface area contributed by atoms with Gasteiger partial charge in [0.25, 0.3) is 0 Å². The van der Waals surface area contributed by atoms with Gasteiger partial charge in [0, 0.05) is 38.5 Å². The standard InChI is InChI=1S/C23H30ClF3N2O2/c1-15(9-19(28-6)16-7-8-18(25)17(24)10-16)11-29(20(30)31-21(2,3)4)14-22(5)12-23(26,27)13-22/h7-10H,11-14H2,1-6H3. The van der Waals surface area contributed by atoms with Crippen LogP contribution in [0.5, 0.6) is 0 Å². The number of carbonyl (C=O) groups is 1. The van der Waals surface area contributed by atoms with Crippen molar-refractivity contribution >= 4 is 23.4 Å². The monoisotopic (exact) mass is 458 g/mol. The maximum Gasteiger partial charge on any atom is 0.410 e. The molecule has 1 aliphatic rings. The van der Waals surface area contributed by atoms with E-state index in [1.807, 2.05) is 6.92 Å². The molecule has 1 aromatic rings. The van der Waals surface area contributed by atoms with E-state index < -0.39 is 28.8 Å². The Morgan fingerprint density at radius 1 is 1.32 bits per heavy atom. The van der Waals surface area contributed by atoms with E-state index in [-0.39, 0.29) is 31.0 Å². The predicted molar refractivity (Wildman–Crippen MR) is 118 cm³/mol. The second-order valence-corrected chi connectivity index (χ2v) is 9.99. The third-order valence-corrected chi connectivity index (χ3v) is 5.16. The van der Waals surface area contributed by atoms with Gasteiger partial charge in [-0.25, -0.2) is 18.0 Å². The summed E-state index contributed by atoms with van der Waals surface area (Å²) < 4.78 is 45.9. The van der Waals surface area contributed by atoms with Crippen molar-refractivity contribution in [1.29, 1.82) is 0 Å². The maximum absolute atomic E-state index is 13.5. The Bertz CT molecular complexity index is 883. The van der Waals surface area contributed by atoms with Crippen LogP contribution in [0.25, 0.3) is 0 Å². The molecule has 2 rings (SSSR count). The lowest BCUT2D eigenvalue weighted by Crippen LogP contribution is -2.52.